The Labute approximate surface area is 157 Å². The normalized spacial score (nSPS) is 53.1. The van der Waals surface area contributed by atoms with Gasteiger partial charge in [0.1, 0.15) is 0 Å². The van der Waals surface area contributed by atoms with Crippen LogP contribution in [0.1, 0.15) is 65.7 Å². The highest BCUT2D eigenvalue weighted by atomic mass is 16.1. The Morgan fingerprint density at radius 3 is 2.85 bits per heavy atom. The van der Waals surface area contributed by atoms with Crippen molar-refractivity contribution in [3.8, 4) is 6.07 Å². The monoisotopic (exact) mass is 349 g/mol. The Morgan fingerprint density at radius 2 is 2.15 bits per heavy atom. The number of nitriles is 1. The van der Waals surface area contributed by atoms with Gasteiger partial charge in [-0.2, -0.15) is 5.26 Å². The lowest BCUT2D eigenvalue weighted by atomic mass is 9.47. The Balaban J connectivity index is 1.60. The van der Waals surface area contributed by atoms with Crippen molar-refractivity contribution in [2.24, 2.45) is 46.3 Å². The van der Waals surface area contributed by atoms with Crippen LogP contribution in [0.25, 0.3) is 0 Å². The molecule has 138 valence electrons. The van der Waals surface area contributed by atoms with Crippen LogP contribution in [0.15, 0.2) is 23.3 Å². The van der Waals surface area contributed by atoms with Crippen molar-refractivity contribution in [3.63, 3.8) is 0 Å². The maximum atomic E-state index is 12.4. The van der Waals surface area contributed by atoms with E-state index in [0.717, 1.165) is 42.6 Å². The van der Waals surface area contributed by atoms with E-state index in [1.165, 1.54) is 31.3 Å². The van der Waals surface area contributed by atoms with Crippen LogP contribution in [-0.4, -0.2) is 5.78 Å². The molecule has 0 aromatic carbocycles. The first-order valence-electron chi connectivity index (χ1n) is 10.8. The number of hydrogen-bond donors (Lipinski definition) is 0. The van der Waals surface area contributed by atoms with Gasteiger partial charge in [0.2, 0.25) is 0 Å². The number of carbonyl (C=O) groups is 1. The molecule has 0 amide bonds. The Bertz CT molecular complexity index is 770. The quantitative estimate of drug-likeness (QED) is 0.590. The van der Waals surface area contributed by atoms with Gasteiger partial charge < -0.3 is 0 Å². The third-order valence-corrected chi connectivity index (χ3v) is 9.83. The van der Waals surface area contributed by atoms with E-state index in [1.807, 2.05) is 19.1 Å². The van der Waals surface area contributed by atoms with Crippen molar-refractivity contribution in [2.75, 3.05) is 0 Å². The van der Waals surface area contributed by atoms with Crippen molar-refractivity contribution in [2.45, 2.75) is 65.7 Å². The number of nitrogens with zero attached hydrogens (tertiary/aromatic N) is 1. The molecular formula is C24H31NO. The SMILES string of the molecule is CC=C1C[C@H]2C(=CC1=O)CC1CC3CC4C1[C@@H]2CC[C@]4(C)[C@]3(C#N)CC. The Kier molecular flexibility index (Phi) is 3.45. The van der Waals surface area contributed by atoms with Gasteiger partial charge in [-0.15, -0.1) is 0 Å². The summed E-state index contributed by atoms with van der Waals surface area (Å²) in [6, 6.07) is 2.88. The van der Waals surface area contributed by atoms with E-state index in [2.05, 4.69) is 19.9 Å². The van der Waals surface area contributed by atoms with Crippen LogP contribution in [0, 0.1) is 57.7 Å². The molecule has 0 radical (unpaired) electrons. The third-order valence-electron chi connectivity index (χ3n) is 9.83. The van der Waals surface area contributed by atoms with Gasteiger partial charge in [-0.25, -0.2) is 0 Å². The fraction of sp³-hybridized carbons (Fsp3) is 0.750. The van der Waals surface area contributed by atoms with Crippen molar-refractivity contribution in [1.29, 1.82) is 5.26 Å². The zero-order valence-electron chi connectivity index (χ0n) is 16.4. The van der Waals surface area contributed by atoms with E-state index in [0.29, 0.717) is 17.8 Å². The zero-order valence-corrected chi connectivity index (χ0v) is 16.4. The molecule has 0 heterocycles. The molecule has 0 aliphatic heterocycles. The van der Waals surface area contributed by atoms with Crippen LogP contribution in [-0.2, 0) is 4.79 Å². The Hall–Kier alpha value is -1.36. The molecule has 0 spiro atoms. The molecule has 2 bridgehead atoms. The molecule has 0 aromatic heterocycles. The van der Waals surface area contributed by atoms with E-state index in [4.69, 9.17) is 0 Å². The molecule has 2 heteroatoms. The summed E-state index contributed by atoms with van der Waals surface area (Å²) in [5.41, 5.74) is 2.59. The third kappa shape index (κ3) is 1.76. The molecule has 26 heavy (non-hydrogen) atoms. The van der Waals surface area contributed by atoms with Crippen LogP contribution >= 0.6 is 0 Å². The first-order valence-corrected chi connectivity index (χ1v) is 10.8. The van der Waals surface area contributed by atoms with Gasteiger partial charge in [-0.05, 0) is 104 Å². The summed E-state index contributed by atoms with van der Waals surface area (Å²) in [4.78, 5) is 12.4. The average molecular weight is 350 g/mol. The van der Waals surface area contributed by atoms with Crippen LogP contribution < -0.4 is 0 Å². The van der Waals surface area contributed by atoms with E-state index < -0.39 is 0 Å². The van der Waals surface area contributed by atoms with Crippen LogP contribution in [0.4, 0.5) is 0 Å². The standard InChI is InChI=1S/C24H31NO/c1-4-14-10-19-15(11-21(14)26)8-16-9-17-12-20-22(16)18(19)6-7-23(20,3)24(17,5-2)13-25/h4,11,16-20,22H,5-10,12H2,1-3H3/t16?,17?,18-,19+,20?,22?,23+,24+/m1/s1. The van der Waals surface area contributed by atoms with Crippen LogP contribution in [0.2, 0.25) is 0 Å². The summed E-state index contributed by atoms with van der Waals surface area (Å²) in [5.74, 6) is 4.42. The number of allylic oxidation sites excluding steroid dienone is 3. The van der Waals surface area contributed by atoms with Gasteiger partial charge in [-0.1, -0.05) is 25.5 Å². The molecular weight excluding hydrogens is 318 g/mol. The van der Waals surface area contributed by atoms with Gasteiger partial charge in [0, 0.05) is 0 Å². The van der Waals surface area contributed by atoms with E-state index in [1.54, 1.807) is 0 Å². The van der Waals surface area contributed by atoms with Gasteiger partial charge in [-0.3, -0.25) is 4.79 Å². The first-order chi connectivity index (χ1) is 12.5. The van der Waals surface area contributed by atoms with E-state index >= 15 is 0 Å². The maximum absolute atomic E-state index is 12.4. The lowest BCUT2D eigenvalue weighted by molar-refractivity contribution is -0.112. The van der Waals surface area contributed by atoms with Crippen molar-refractivity contribution in [3.05, 3.63) is 23.3 Å². The van der Waals surface area contributed by atoms with Crippen LogP contribution in [0.3, 0.4) is 0 Å². The summed E-state index contributed by atoms with van der Waals surface area (Å²) >= 11 is 0. The smallest absolute Gasteiger partial charge is 0.181 e. The molecule has 5 aliphatic rings. The van der Waals surface area contributed by atoms with Crippen molar-refractivity contribution in [1.82, 2.24) is 0 Å². The number of rotatable bonds is 1. The largest absolute Gasteiger partial charge is 0.290 e. The molecule has 0 N–H and O–H groups in total. The summed E-state index contributed by atoms with van der Waals surface area (Å²) in [6.45, 7) is 6.74. The Morgan fingerprint density at radius 1 is 1.35 bits per heavy atom. The molecule has 8 atom stereocenters. The molecule has 4 unspecified atom stereocenters. The van der Waals surface area contributed by atoms with Gasteiger partial charge in [0.25, 0.3) is 0 Å². The second kappa shape index (κ2) is 5.34. The molecule has 5 rings (SSSR count). The molecule has 4 saturated carbocycles. The van der Waals surface area contributed by atoms with E-state index in [9.17, 15) is 10.1 Å². The lowest BCUT2D eigenvalue weighted by Crippen LogP contribution is -2.51. The van der Waals surface area contributed by atoms with Gasteiger partial charge in [0.05, 0.1) is 11.5 Å². The summed E-state index contributed by atoms with van der Waals surface area (Å²) in [6.07, 6.45) is 12.1. The topological polar surface area (TPSA) is 40.9 Å². The average Bonchev–Trinajstić information content (AvgIpc) is 2.86. The highest BCUT2D eigenvalue weighted by Gasteiger charge is 2.70. The molecule has 0 aromatic rings. The summed E-state index contributed by atoms with van der Waals surface area (Å²) < 4.78 is 0. The minimum absolute atomic E-state index is 0.107. The highest BCUT2D eigenvalue weighted by molar-refractivity contribution is 6.05. The summed E-state index contributed by atoms with van der Waals surface area (Å²) in [7, 11) is 0. The number of hydrogen-bond acceptors (Lipinski definition) is 2. The molecule has 4 fully saturated rings. The predicted molar refractivity (Wildman–Crippen MR) is 102 cm³/mol. The van der Waals surface area contributed by atoms with Crippen molar-refractivity contribution < 1.29 is 4.79 Å². The number of carbonyl (C=O) groups excluding carboxylic acids is 1. The summed E-state index contributed by atoms with van der Waals surface area (Å²) in [5, 5.41) is 10.3. The van der Waals surface area contributed by atoms with Gasteiger partial charge >= 0.3 is 0 Å². The predicted octanol–water partition coefficient (Wildman–Crippen LogP) is 5.46. The zero-order chi connectivity index (χ0) is 18.3. The molecule has 0 saturated heterocycles. The second-order valence-corrected chi connectivity index (χ2v) is 10.1. The van der Waals surface area contributed by atoms with Crippen LogP contribution in [0.5, 0.6) is 0 Å². The first kappa shape index (κ1) is 16.8. The fourth-order valence-corrected chi connectivity index (χ4v) is 8.73. The fourth-order valence-electron chi connectivity index (χ4n) is 8.73. The van der Waals surface area contributed by atoms with Gasteiger partial charge in [0.15, 0.2) is 5.78 Å². The molecule has 2 nitrogen and oxygen atoms in total. The van der Waals surface area contributed by atoms with E-state index in [-0.39, 0.29) is 16.6 Å². The second-order valence-electron chi connectivity index (χ2n) is 10.1. The number of ketones is 1. The minimum atomic E-state index is -0.107. The van der Waals surface area contributed by atoms with Crippen molar-refractivity contribution >= 4 is 5.78 Å². The maximum Gasteiger partial charge on any atom is 0.181 e. The number of fused-ring (bicyclic) bond motifs is 3. The highest BCUT2D eigenvalue weighted by Crippen LogP contribution is 2.75. The lowest BCUT2D eigenvalue weighted by Gasteiger charge is -2.57. The molecule has 5 aliphatic carbocycles. The minimum Gasteiger partial charge on any atom is -0.290 e.